The second kappa shape index (κ2) is 6.92. The van der Waals surface area contributed by atoms with Crippen LogP contribution in [0.15, 0.2) is 24.3 Å². The summed E-state index contributed by atoms with van der Waals surface area (Å²) in [5, 5.41) is 2.97. The first-order chi connectivity index (χ1) is 9.24. The number of hydrogen-bond acceptors (Lipinski definition) is 2. The van der Waals surface area contributed by atoms with Crippen LogP contribution in [0.4, 0.5) is 0 Å². The molecule has 1 aromatic rings. The minimum absolute atomic E-state index is 0.0532. The molecule has 3 nitrogen and oxygen atoms in total. The molecule has 1 N–H and O–H groups in total. The van der Waals surface area contributed by atoms with Gasteiger partial charge in [-0.05, 0) is 30.4 Å². The van der Waals surface area contributed by atoms with Crippen LogP contribution < -0.4 is 5.32 Å². The number of rotatable bonds is 5. The van der Waals surface area contributed by atoms with E-state index in [1.165, 1.54) is 11.1 Å². The average Bonchev–Trinajstić information content (AvgIpc) is 2.46. The van der Waals surface area contributed by atoms with Gasteiger partial charge in [0.25, 0.3) is 0 Å². The van der Waals surface area contributed by atoms with Crippen molar-refractivity contribution in [3.63, 3.8) is 0 Å². The maximum Gasteiger partial charge on any atom is 0.223 e. The molecule has 2 unspecified atom stereocenters. The molecule has 0 saturated carbocycles. The Morgan fingerprint density at radius 3 is 2.89 bits per heavy atom. The number of alkyl halides is 1. The predicted molar refractivity (Wildman–Crippen MR) is 76.5 cm³/mol. The topological polar surface area (TPSA) is 38.3 Å². The number of halogens is 1. The fraction of sp³-hybridized carbons (Fsp3) is 0.533. The largest absolute Gasteiger partial charge is 0.383 e. The minimum atomic E-state index is -0.101. The molecule has 104 valence electrons. The van der Waals surface area contributed by atoms with E-state index in [1.54, 1.807) is 7.11 Å². The quantitative estimate of drug-likeness (QED) is 0.840. The van der Waals surface area contributed by atoms with E-state index in [-0.39, 0.29) is 17.9 Å². The summed E-state index contributed by atoms with van der Waals surface area (Å²) in [6, 6.07) is 8.25. The van der Waals surface area contributed by atoms with Gasteiger partial charge < -0.3 is 10.1 Å². The van der Waals surface area contributed by atoms with Gasteiger partial charge in [-0.25, -0.2) is 0 Å². The van der Waals surface area contributed by atoms with Crippen LogP contribution >= 0.6 is 11.6 Å². The molecular weight excluding hydrogens is 262 g/mol. The first-order valence-electron chi connectivity index (χ1n) is 6.66. The third-order valence-corrected chi connectivity index (χ3v) is 3.99. The Bertz CT molecular complexity index is 436. The van der Waals surface area contributed by atoms with Crippen molar-refractivity contribution in [3.8, 4) is 0 Å². The number of ether oxygens (including phenoxy) is 1. The van der Waals surface area contributed by atoms with Crippen LogP contribution in [0, 0.1) is 5.92 Å². The van der Waals surface area contributed by atoms with Gasteiger partial charge in [0.15, 0.2) is 0 Å². The van der Waals surface area contributed by atoms with E-state index < -0.39 is 0 Å². The Morgan fingerprint density at radius 1 is 1.47 bits per heavy atom. The van der Waals surface area contributed by atoms with Gasteiger partial charge in [0.05, 0.1) is 12.6 Å². The van der Waals surface area contributed by atoms with Gasteiger partial charge in [-0.3, -0.25) is 4.79 Å². The van der Waals surface area contributed by atoms with Crippen molar-refractivity contribution >= 4 is 17.5 Å². The molecule has 2 rings (SSSR count). The molecule has 0 radical (unpaired) electrons. The molecule has 1 aliphatic carbocycles. The van der Waals surface area contributed by atoms with Crippen molar-refractivity contribution in [1.82, 2.24) is 5.32 Å². The molecule has 0 fully saturated rings. The van der Waals surface area contributed by atoms with Gasteiger partial charge in [-0.2, -0.15) is 0 Å². The number of nitrogens with one attached hydrogen (secondary N) is 1. The van der Waals surface area contributed by atoms with Crippen LogP contribution in [0.3, 0.4) is 0 Å². The highest BCUT2D eigenvalue weighted by atomic mass is 35.5. The second-order valence-corrected chi connectivity index (χ2v) is 5.33. The Balaban J connectivity index is 1.95. The first kappa shape index (κ1) is 14.4. The average molecular weight is 282 g/mol. The molecule has 0 saturated heterocycles. The molecule has 2 atom stereocenters. The molecule has 0 aliphatic heterocycles. The van der Waals surface area contributed by atoms with E-state index in [1.807, 2.05) is 6.07 Å². The Morgan fingerprint density at radius 2 is 2.21 bits per heavy atom. The maximum absolute atomic E-state index is 12.2. The minimum Gasteiger partial charge on any atom is -0.383 e. The van der Waals surface area contributed by atoms with Crippen molar-refractivity contribution in [2.24, 2.45) is 5.92 Å². The van der Waals surface area contributed by atoms with E-state index in [0.29, 0.717) is 12.5 Å². The SMILES string of the molecule is COCC(CCl)NC(=O)C1CCc2ccccc2C1. The van der Waals surface area contributed by atoms with E-state index in [0.717, 1.165) is 19.3 Å². The maximum atomic E-state index is 12.2. The Kier molecular flexibility index (Phi) is 5.23. The summed E-state index contributed by atoms with van der Waals surface area (Å²) in [7, 11) is 1.61. The molecule has 1 amide bonds. The Labute approximate surface area is 119 Å². The molecular formula is C15H20ClNO2. The van der Waals surface area contributed by atoms with Crippen LogP contribution in [-0.4, -0.2) is 31.5 Å². The monoisotopic (exact) mass is 281 g/mol. The van der Waals surface area contributed by atoms with E-state index >= 15 is 0 Å². The summed E-state index contributed by atoms with van der Waals surface area (Å²) in [5.41, 5.74) is 2.67. The fourth-order valence-electron chi connectivity index (χ4n) is 2.57. The van der Waals surface area contributed by atoms with Crippen molar-refractivity contribution in [2.75, 3.05) is 19.6 Å². The van der Waals surface area contributed by atoms with Gasteiger partial charge in [0, 0.05) is 18.9 Å². The number of methoxy groups -OCH3 is 1. The molecule has 0 bridgehead atoms. The lowest BCUT2D eigenvalue weighted by molar-refractivity contribution is -0.126. The number of carbonyl (C=O) groups is 1. The third kappa shape index (κ3) is 3.71. The molecule has 1 aliphatic rings. The lowest BCUT2D eigenvalue weighted by atomic mass is 9.83. The fourth-order valence-corrected chi connectivity index (χ4v) is 2.73. The van der Waals surface area contributed by atoms with Crippen LogP contribution in [0.5, 0.6) is 0 Å². The van der Waals surface area contributed by atoms with Crippen molar-refractivity contribution in [1.29, 1.82) is 0 Å². The zero-order valence-corrected chi connectivity index (χ0v) is 12.0. The number of fused-ring (bicyclic) bond motifs is 1. The summed E-state index contributed by atoms with van der Waals surface area (Å²) in [6.45, 7) is 0.457. The summed E-state index contributed by atoms with van der Waals surface area (Å²) in [5.74, 6) is 0.526. The highest BCUT2D eigenvalue weighted by Gasteiger charge is 2.25. The highest BCUT2D eigenvalue weighted by Crippen LogP contribution is 2.25. The van der Waals surface area contributed by atoms with Crippen LogP contribution in [0.25, 0.3) is 0 Å². The van der Waals surface area contributed by atoms with Gasteiger partial charge >= 0.3 is 0 Å². The van der Waals surface area contributed by atoms with Crippen molar-refractivity contribution in [2.45, 2.75) is 25.3 Å². The predicted octanol–water partition coefficient (Wildman–Crippen LogP) is 2.16. The van der Waals surface area contributed by atoms with Gasteiger partial charge in [0.2, 0.25) is 5.91 Å². The van der Waals surface area contributed by atoms with Gasteiger partial charge in [-0.15, -0.1) is 11.6 Å². The highest BCUT2D eigenvalue weighted by molar-refractivity contribution is 6.18. The number of benzene rings is 1. The van der Waals surface area contributed by atoms with E-state index in [2.05, 4.69) is 23.5 Å². The van der Waals surface area contributed by atoms with E-state index in [4.69, 9.17) is 16.3 Å². The summed E-state index contributed by atoms with van der Waals surface area (Å²) in [6.07, 6.45) is 2.71. The van der Waals surface area contributed by atoms with Crippen molar-refractivity contribution < 1.29 is 9.53 Å². The zero-order chi connectivity index (χ0) is 13.7. The molecule has 0 spiro atoms. The Hall–Kier alpha value is -1.06. The first-order valence-corrected chi connectivity index (χ1v) is 7.20. The van der Waals surface area contributed by atoms with E-state index in [9.17, 15) is 4.79 Å². The van der Waals surface area contributed by atoms with Gasteiger partial charge in [0.1, 0.15) is 0 Å². The number of carbonyl (C=O) groups excluding carboxylic acids is 1. The summed E-state index contributed by atoms with van der Waals surface area (Å²) in [4.78, 5) is 12.2. The lowest BCUT2D eigenvalue weighted by Crippen LogP contribution is -2.43. The summed E-state index contributed by atoms with van der Waals surface area (Å²) < 4.78 is 5.04. The molecule has 1 aromatic carbocycles. The number of amides is 1. The summed E-state index contributed by atoms with van der Waals surface area (Å²) >= 11 is 5.82. The molecule has 4 heteroatoms. The number of aryl methyl sites for hydroxylation is 1. The van der Waals surface area contributed by atoms with Crippen LogP contribution in [0.2, 0.25) is 0 Å². The van der Waals surface area contributed by atoms with Crippen LogP contribution in [-0.2, 0) is 22.4 Å². The molecule has 0 heterocycles. The smallest absolute Gasteiger partial charge is 0.223 e. The lowest BCUT2D eigenvalue weighted by Gasteiger charge is -2.25. The number of hydrogen-bond donors (Lipinski definition) is 1. The zero-order valence-electron chi connectivity index (χ0n) is 11.2. The second-order valence-electron chi connectivity index (χ2n) is 5.02. The van der Waals surface area contributed by atoms with Crippen molar-refractivity contribution in [3.05, 3.63) is 35.4 Å². The van der Waals surface area contributed by atoms with Gasteiger partial charge in [-0.1, -0.05) is 24.3 Å². The molecule has 0 aromatic heterocycles. The molecule has 19 heavy (non-hydrogen) atoms. The normalized spacial score (nSPS) is 19.6. The standard InChI is InChI=1S/C15H20ClNO2/c1-19-10-14(9-16)17-15(18)13-7-6-11-4-2-3-5-12(11)8-13/h2-5,13-14H,6-10H2,1H3,(H,17,18). The third-order valence-electron chi connectivity index (χ3n) is 3.62. The van der Waals surface area contributed by atoms with Crippen LogP contribution in [0.1, 0.15) is 17.5 Å².